The van der Waals surface area contributed by atoms with Crippen LogP contribution in [-0.4, -0.2) is 19.0 Å². The van der Waals surface area contributed by atoms with E-state index in [0.29, 0.717) is 0 Å². The Labute approximate surface area is 94.7 Å². The van der Waals surface area contributed by atoms with E-state index in [2.05, 4.69) is 10.6 Å². The summed E-state index contributed by atoms with van der Waals surface area (Å²) in [7, 11) is 0. The summed E-state index contributed by atoms with van der Waals surface area (Å²) in [4.78, 5) is 11.8. The van der Waals surface area contributed by atoms with Crippen LogP contribution < -0.4 is 10.6 Å². The van der Waals surface area contributed by atoms with Crippen molar-refractivity contribution >= 4 is 5.91 Å². The summed E-state index contributed by atoms with van der Waals surface area (Å²) >= 11 is 0. The van der Waals surface area contributed by atoms with Crippen LogP contribution >= 0.6 is 0 Å². The van der Waals surface area contributed by atoms with Crippen molar-refractivity contribution in [1.82, 2.24) is 10.6 Å². The van der Waals surface area contributed by atoms with Crippen molar-refractivity contribution in [3.63, 3.8) is 0 Å². The van der Waals surface area contributed by atoms with E-state index in [4.69, 9.17) is 4.42 Å². The van der Waals surface area contributed by atoms with Gasteiger partial charge in [-0.1, -0.05) is 0 Å². The number of nitrogens with one attached hydrogen (secondary N) is 2. The van der Waals surface area contributed by atoms with Crippen molar-refractivity contribution in [1.29, 1.82) is 0 Å². The standard InChI is InChI=1S/C12H16N2O2/c1-8(10-6-13-7-10)12(15)14-9(2)11-4-3-5-16-11/h3-5,9,13H,6-7H2,1-2H3,(H,14,15)/t9-/m1/s1. The molecule has 1 aromatic rings. The Morgan fingerprint density at radius 2 is 2.31 bits per heavy atom. The molecule has 0 spiro atoms. The molecule has 2 rings (SSSR count). The highest BCUT2D eigenvalue weighted by molar-refractivity contribution is 5.94. The third-order valence-electron chi connectivity index (χ3n) is 2.87. The van der Waals surface area contributed by atoms with E-state index in [1.807, 2.05) is 26.0 Å². The van der Waals surface area contributed by atoms with Gasteiger partial charge in [-0.05, 0) is 31.6 Å². The first-order chi connectivity index (χ1) is 7.68. The molecule has 0 aliphatic carbocycles. The minimum atomic E-state index is -0.0916. The third-order valence-corrected chi connectivity index (χ3v) is 2.87. The van der Waals surface area contributed by atoms with Crippen LogP contribution in [0.15, 0.2) is 34.0 Å². The van der Waals surface area contributed by atoms with E-state index in [1.165, 1.54) is 5.57 Å². The summed E-state index contributed by atoms with van der Waals surface area (Å²) in [5.41, 5.74) is 2.00. The lowest BCUT2D eigenvalue weighted by atomic mass is 10.0. The number of hydrogen-bond acceptors (Lipinski definition) is 3. The van der Waals surface area contributed by atoms with Gasteiger partial charge in [-0.15, -0.1) is 0 Å². The van der Waals surface area contributed by atoms with E-state index in [0.717, 1.165) is 24.4 Å². The maximum atomic E-state index is 11.8. The monoisotopic (exact) mass is 220 g/mol. The highest BCUT2D eigenvalue weighted by Gasteiger charge is 2.18. The predicted molar refractivity (Wildman–Crippen MR) is 60.8 cm³/mol. The van der Waals surface area contributed by atoms with E-state index in [9.17, 15) is 4.79 Å². The number of carbonyl (C=O) groups is 1. The number of rotatable bonds is 3. The summed E-state index contributed by atoms with van der Waals surface area (Å²) in [5.74, 6) is 0.762. The third kappa shape index (κ3) is 2.17. The first kappa shape index (κ1) is 11.0. The molecule has 1 aliphatic rings. The first-order valence-electron chi connectivity index (χ1n) is 5.42. The van der Waals surface area contributed by atoms with Gasteiger partial charge in [-0.25, -0.2) is 0 Å². The lowest BCUT2D eigenvalue weighted by molar-refractivity contribution is -0.118. The molecule has 0 bridgehead atoms. The van der Waals surface area contributed by atoms with Gasteiger partial charge in [-0.2, -0.15) is 0 Å². The zero-order valence-corrected chi connectivity index (χ0v) is 9.54. The predicted octanol–water partition coefficient (Wildman–Crippen LogP) is 1.38. The summed E-state index contributed by atoms with van der Waals surface area (Å²) in [6.07, 6.45) is 1.61. The van der Waals surface area contributed by atoms with Gasteiger partial charge in [-0.3, -0.25) is 4.79 Å². The molecule has 1 aromatic heterocycles. The van der Waals surface area contributed by atoms with Crippen molar-refractivity contribution in [2.75, 3.05) is 13.1 Å². The number of amides is 1. The molecule has 1 saturated heterocycles. The molecular formula is C12H16N2O2. The lowest BCUT2D eigenvalue weighted by Crippen LogP contribution is -2.38. The second kappa shape index (κ2) is 4.53. The van der Waals surface area contributed by atoms with Crippen LogP contribution in [0.1, 0.15) is 25.6 Å². The molecule has 1 amide bonds. The Morgan fingerprint density at radius 1 is 1.56 bits per heavy atom. The van der Waals surface area contributed by atoms with Crippen LogP contribution in [0.4, 0.5) is 0 Å². The Balaban J connectivity index is 1.97. The van der Waals surface area contributed by atoms with Crippen molar-refractivity contribution in [3.8, 4) is 0 Å². The zero-order valence-electron chi connectivity index (χ0n) is 9.54. The number of furan rings is 1. The normalized spacial score (nSPS) is 16.5. The van der Waals surface area contributed by atoms with Crippen molar-refractivity contribution in [3.05, 3.63) is 35.3 Å². The Morgan fingerprint density at radius 3 is 2.81 bits per heavy atom. The minimum Gasteiger partial charge on any atom is -0.467 e. The maximum absolute atomic E-state index is 11.8. The molecule has 0 unspecified atom stereocenters. The molecule has 0 saturated carbocycles. The van der Waals surface area contributed by atoms with Gasteiger partial charge in [0.15, 0.2) is 0 Å². The second-order valence-corrected chi connectivity index (χ2v) is 4.04. The molecule has 2 N–H and O–H groups in total. The molecule has 1 atom stereocenters. The van der Waals surface area contributed by atoms with Gasteiger partial charge in [0.25, 0.3) is 0 Å². The van der Waals surface area contributed by atoms with Gasteiger partial charge in [0, 0.05) is 18.7 Å². The lowest BCUT2D eigenvalue weighted by Gasteiger charge is -2.22. The van der Waals surface area contributed by atoms with Crippen molar-refractivity contribution in [2.24, 2.45) is 0 Å². The van der Waals surface area contributed by atoms with Crippen LogP contribution in [0.25, 0.3) is 0 Å². The highest BCUT2D eigenvalue weighted by Crippen LogP contribution is 2.14. The van der Waals surface area contributed by atoms with Crippen molar-refractivity contribution < 1.29 is 9.21 Å². The summed E-state index contributed by atoms with van der Waals surface area (Å²) < 4.78 is 5.23. The van der Waals surface area contributed by atoms with Gasteiger partial charge >= 0.3 is 0 Å². The van der Waals surface area contributed by atoms with Gasteiger partial charge in [0.1, 0.15) is 5.76 Å². The average Bonchev–Trinajstić information content (AvgIpc) is 2.67. The highest BCUT2D eigenvalue weighted by atomic mass is 16.3. The SMILES string of the molecule is CC(C(=O)N[C@H](C)c1ccco1)=C1CNC1. The fraction of sp³-hybridized carbons (Fsp3) is 0.417. The Kier molecular flexibility index (Phi) is 3.10. The fourth-order valence-corrected chi connectivity index (χ4v) is 1.59. The molecule has 4 nitrogen and oxygen atoms in total. The minimum absolute atomic E-state index is 0.0135. The molecular weight excluding hydrogens is 204 g/mol. The summed E-state index contributed by atoms with van der Waals surface area (Å²) in [6, 6.07) is 3.59. The van der Waals surface area contributed by atoms with E-state index < -0.39 is 0 Å². The average molecular weight is 220 g/mol. The number of hydrogen-bond donors (Lipinski definition) is 2. The van der Waals surface area contributed by atoms with Gasteiger partial charge < -0.3 is 15.1 Å². The summed E-state index contributed by atoms with van der Waals surface area (Å²) in [6.45, 7) is 5.43. The topological polar surface area (TPSA) is 54.3 Å². The largest absolute Gasteiger partial charge is 0.467 e. The van der Waals surface area contributed by atoms with Crippen molar-refractivity contribution in [2.45, 2.75) is 19.9 Å². The summed E-state index contributed by atoms with van der Waals surface area (Å²) in [5, 5.41) is 6.03. The fourth-order valence-electron chi connectivity index (χ4n) is 1.59. The van der Waals surface area contributed by atoms with Crippen LogP contribution in [0, 0.1) is 0 Å². The van der Waals surface area contributed by atoms with Crippen LogP contribution in [0.5, 0.6) is 0 Å². The van der Waals surface area contributed by atoms with Gasteiger partial charge in [0.2, 0.25) is 5.91 Å². The van der Waals surface area contributed by atoms with Crippen LogP contribution in [0.3, 0.4) is 0 Å². The van der Waals surface area contributed by atoms with Gasteiger partial charge in [0.05, 0.1) is 12.3 Å². The number of carbonyl (C=O) groups excluding carboxylic acids is 1. The molecule has 0 aromatic carbocycles. The quantitative estimate of drug-likeness (QED) is 0.757. The molecule has 86 valence electrons. The van der Waals surface area contributed by atoms with Crippen LogP contribution in [-0.2, 0) is 4.79 Å². The van der Waals surface area contributed by atoms with Crippen LogP contribution in [0.2, 0.25) is 0 Å². The van der Waals surface area contributed by atoms with E-state index >= 15 is 0 Å². The Hall–Kier alpha value is -1.55. The van der Waals surface area contributed by atoms with E-state index in [-0.39, 0.29) is 11.9 Å². The molecule has 1 fully saturated rings. The van der Waals surface area contributed by atoms with E-state index in [1.54, 1.807) is 6.26 Å². The molecule has 2 heterocycles. The Bertz CT molecular complexity index is 401. The zero-order chi connectivity index (χ0) is 11.5. The molecule has 4 heteroatoms. The molecule has 16 heavy (non-hydrogen) atoms. The molecule has 1 aliphatic heterocycles. The maximum Gasteiger partial charge on any atom is 0.247 e. The first-order valence-corrected chi connectivity index (χ1v) is 5.42. The second-order valence-electron chi connectivity index (χ2n) is 4.04. The molecule has 0 radical (unpaired) electrons. The smallest absolute Gasteiger partial charge is 0.247 e.